The predicted octanol–water partition coefficient (Wildman–Crippen LogP) is 2.23. The highest BCUT2D eigenvalue weighted by Crippen LogP contribution is 2.25. The molecular weight excluding hydrogens is 290 g/mol. The fourth-order valence-electron chi connectivity index (χ4n) is 1.93. The lowest BCUT2D eigenvalue weighted by Crippen LogP contribution is -2.40. The molecule has 1 N–H and O–H groups in total. The number of hydrogen-bond acceptors (Lipinski definition) is 3. The zero-order chi connectivity index (χ0) is 14.8. The van der Waals surface area contributed by atoms with E-state index in [-0.39, 0.29) is 6.04 Å². The average Bonchev–Trinajstić information content (AvgIpc) is 2.35. The highest BCUT2D eigenvalue weighted by molar-refractivity contribution is 7.84. The van der Waals surface area contributed by atoms with E-state index in [2.05, 4.69) is 35.8 Å². The van der Waals surface area contributed by atoms with Crippen LogP contribution in [0.1, 0.15) is 18.0 Å². The summed E-state index contributed by atoms with van der Waals surface area (Å²) in [5.41, 5.74) is 4.10. The summed E-state index contributed by atoms with van der Waals surface area (Å²) >= 11 is 0. The zero-order valence-electron chi connectivity index (χ0n) is 11.9. The Morgan fingerprint density at radius 3 is 2.50 bits per heavy atom. The molecule has 1 aliphatic heterocycles. The normalized spacial score (nSPS) is 25.6. The van der Waals surface area contributed by atoms with E-state index in [1.54, 1.807) is 0 Å². The Labute approximate surface area is 121 Å². The molecule has 0 amide bonds. The van der Waals surface area contributed by atoms with E-state index in [9.17, 15) is 8.42 Å². The number of rotatable bonds is 1. The number of hydrogen-bond donors (Lipinski definition) is 1. The average molecular weight is 309 g/mol. The first kappa shape index (κ1) is 15.3. The quantitative estimate of drug-likeness (QED) is 0.639. The summed E-state index contributed by atoms with van der Waals surface area (Å²) in [6, 6.07) is 9.21. The molecule has 108 valence electrons. The van der Waals surface area contributed by atoms with Crippen molar-refractivity contribution >= 4 is 18.4 Å². The summed E-state index contributed by atoms with van der Waals surface area (Å²) in [6.45, 7) is 6.35. The first-order valence-electron chi connectivity index (χ1n) is 6.53. The third-order valence-electron chi connectivity index (χ3n) is 2.79. The SMILES string of the molecule is C[Si](C)(C)C#C[C@@H]1C[C@H](c2ccccc2)NS(=O)(=O)O1. The molecule has 20 heavy (non-hydrogen) atoms. The lowest BCUT2D eigenvalue weighted by atomic mass is 10.0. The highest BCUT2D eigenvalue weighted by atomic mass is 32.2. The molecule has 0 aliphatic carbocycles. The minimum absolute atomic E-state index is 0.282. The van der Waals surface area contributed by atoms with E-state index in [0.29, 0.717) is 6.42 Å². The summed E-state index contributed by atoms with van der Waals surface area (Å²) in [7, 11) is -5.28. The second-order valence-corrected chi connectivity index (χ2v) is 12.0. The Bertz CT molecular complexity index is 626. The van der Waals surface area contributed by atoms with Gasteiger partial charge in [0.2, 0.25) is 0 Å². The van der Waals surface area contributed by atoms with Crippen molar-refractivity contribution in [3.8, 4) is 11.5 Å². The van der Waals surface area contributed by atoms with Gasteiger partial charge < -0.3 is 0 Å². The molecule has 0 aromatic heterocycles. The first-order chi connectivity index (χ1) is 9.25. The summed E-state index contributed by atoms with van der Waals surface area (Å²) < 4.78 is 31.1. The topological polar surface area (TPSA) is 55.4 Å². The van der Waals surface area contributed by atoms with E-state index in [0.717, 1.165) is 5.56 Å². The summed E-state index contributed by atoms with van der Waals surface area (Å²) in [4.78, 5) is 0. The Kier molecular flexibility index (Phi) is 4.35. The molecule has 4 nitrogen and oxygen atoms in total. The van der Waals surface area contributed by atoms with Crippen LogP contribution in [0.3, 0.4) is 0 Å². The van der Waals surface area contributed by atoms with Crippen molar-refractivity contribution in [2.45, 2.75) is 38.2 Å². The molecule has 2 rings (SSSR count). The Morgan fingerprint density at radius 1 is 1.25 bits per heavy atom. The molecule has 1 aromatic rings. The lowest BCUT2D eigenvalue weighted by molar-refractivity contribution is 0.205. The van der Waals surface area contributed by atoms with E-state index in [1.807, 2.05) is 30.3 Å². The van der Waals surface area contributed by atoms with Crippen LogP contribution in [-0.4, -0.2) is 22.6 Å². The van der Waals surface area contributed by atoms with Gasteiger partial charge in [-0.3, -0.25) is 0 Å². The molecule has 1 fully saturated rings. The zero-order valence-corrected chi connectivity index (χ0v) is 13.7. The van der Waals surface area contributed by atoms with Gasteiger partial charge in [-0.1, -0.05) is 55.9 Å². The summed E-state index contributed by atoms with van der Waals surface area (Å²) in [6.07, 6.45) is -0.0426. The monoisotopic (exact) mass is 309 g/mol. The molecule has 1 saturated heterocycles. The van der Waals surface area contributed by atoms with Crippen LogP contribution in [0.5, 0.6) is 0 Å². The van der Waals surface area contributed by atoms with Crippen molar-refractivity contribution in [1.82, 2.24) is 4.72 Å². The second-order valence-electron chi connectivity index (χ2n) is 5.88. The van der Waals surface area contributed by atoms with Gasteiger partial charge in [-0.15, -0.1) is 5.54 Å². The Morgan fingerprint density at radius 2 is 1.90 bits per heavy atom. The summed E-state index contributed by atoms with van der Waals surface area (Å²) in [5, 5.41) is 0. The van der Waals surface area contributed by atoms with E-state index in [4.69, 9.17) is 4.18 Å². The molecule has 0 bridgehead atoms. The fourth-order valence-corrected chi connectivity index (χ4v) is 3.59. The van der Waals surface area contributed by atoms with Gasteiger partial charge in [0.1, 0.15) is 14.2 Å². The van der Waals surface area contributed by atoms with Crippen LogP contribution >= 0.6 is 0 Å². The largest absolute Gasteiger partial charge is 0.337 e. The predicted molar refractivity (Wildman–Crippen MR) is 81.9 cm³/mol. The number of benzene rings is 1. The molecule has 1 aliphatic rings. The van der Waals surface area contributed by atoms with Gasteiger partial charge in [0.25, 0.3) is 0 Å². The Hall–Kier alpha value is -1.13. The second kappa shape index (κ2) is 5.70. The first-order valence-corrected chi connectivity index (χ1v) is 11.4. The van der Waals surface area contributed by atoms with Gasteiger partial charge in [0.15, 0.2) is 0 Å². The van der Waals surface area contributed by atoms with Gasteiger partial charge in [-0.25, -0.2) is 4.18 Å². The Balaban J connectivity index is 2.23. The van der Waals surface area contributed by atoms with Gasteiger partial charge in [0.05, 0.1) is 6.04 Å². The van der Waals surface area contributed by atoms with Crippen LogP contribution in [0.2, 0.25) is 19.6 Å². The molecule has 1 aromatic carbocycles. The summed E-state index contributed by atoms with van der Waals surface area (Å²) in [5.74, 6) is 2.99. The molecule has 0 radical (unpaired) electrons. The van der Waals surface area contributed by atoms with Crippen LogP contribution in [0.15, 0.2) is 30.3 Å². The fraction of sp³-hybridized carbons (Fsp3) is 0.429. The molecule has 0 spiro atoms. The maximum atomic E-state index is 11.8. The van der Waals surface area contributed by atoms with Crippen molar-refractivity contribution in [2.75, 3.05) is 0 Å². The maximum absolute atomic E-state index is 11.8. The van der Waals surface area contributed by atoms with Gasteiger partial charge >= 0.3 is 10.3 Å². The maximum Gasteiger partial charge on any atom is 0.337 e. The van der Waals surface area contributed by atoms with Crippen LogP contribution in [0.4, 0.5) is 0 Å². The van der Waals surface area contributed by atoms with E-state index in [1.165, 1.54) is 0 Å². The third-order valence-corrected chi connectivity index (χ3v) is 4.74. The van der Waals surface area contributed by atoms with Gasteiger partial charge in [-0.2, -0.15) is 13.1 Å². The molecular formula is C14H19NO3SSi. The van der Waals surface area contributed by atoms with Crippen LogP contribution in [0.25, 0.3) is 0 Å². The van der Waals surface area contributed by atoms with Crippen LogP contribution in [0, 0.1) is 11.5 Å². The molecule has 1 heterocycles. The van der Waals surface area contributed by atoms with Crippen molar-refractivity contribution in [1.29, 1.82) is 0 Å². The van der Waals surface area contributed by atoms with Crippen molar-refractivity contribution in [3.63, 3.8) is 0 Å². The lowest BCUT2D eigenvalue weighted by Gasteiger charge is -2.27. The molecule has 2 atom stereocenters. The van der Waals surface area contributed by atoms with Crippen molar-refractivity contribution in [3.05, 3.63) is 35.9 Å². The molecule has 6 heteroatoms. The van der Waals surface area contributed by atoms with E-state index < -0.39 is 24.5 Å². The minimum atomic E-state index is -3.73. The third kappa shape index (κ3) is 4.46. The van der Waals surface area contributed by atoms with Crippen molar-refractivity contribution < 1.29 is 12.6 Å². The van der Waals surface area contributed by atoms with Gasteiger partial charge in [-0.05, 0) is 5.56 Å². The standard InChI is InChI=1S/C14H19NO3SSi/c1-20(2,3)10-9-13-11-14(15-19(16,17)18-13)12-7-5-4-6-8-12/h4-8,13-15H,11H2,1-3H3/t13-,14-/m1/s1. The van der Waals surface area contributed by atoms with Crippen molar-refractivity contribution in [2.24, 2.45) is 0 Å². The molecule has 0 saturated carbocycles. The van der Waals surface area contributed by atoms with E-state index >= 15 is 0 Å². The van der Waals surface area contributed by atoms with Crippen LogP contribution in [-0.2, 0) is 14.5 Å². The number of nitrogens with one attached hydrogen (secondary N) is 1. The molecule has 0 unspecified atom stereocenters. The smallest absolute Gasteiger partial charge is 0.242 e. The van der Waals surface area contributed by atoms with Crippen LogP contribution < -0.4 is 4.72 Å². The highest BCUT2D eigenvalue weighted by Gasteiger charge is 2.32. The van der Waals surface area contributed by atoms with Gasteiger partial charge in [0, 0.05) is 6.42 Å². The minimum Gasteiger partial charge on any atom is -0.242 e.